The second kappa shape index (κ2) is 10.1. The number of hydrogen-bond acceptors (Lipinski definition) is 5. The summed E-state index contributed by atoms with van der Waals surface area (Å²) in [6.45, 7) is 0.199. The number of hydrogen-bond donors (Lipinski definition) is 0. The number of ether oxygens (including phenoxy) is 2. The number of methoxy groups -OCH3 is 1. The summed E-state index contributed by atoms with van der Waals surface area (Å²) in [5.41, 5.74) is 1.76. The van der Waals surface area contributed by atoms with E-state index < -0.39 is 39.5 Å². The summed E-state index contributed by atoms with van der Waals surface area (Å²) in [4.78, 5) is 12.0. The molecule has 0 aromatic heterocycles. The van der Waals surface area contributed by atoms with Crippen LogP contribution < -0.4 is 4.74 Å². The fourth-order valence-corrected chi connectivity index (χ4v) is 5.62. The normalized spacial score (nSPS) is 17.3. The summed E-state index contributed by atoms with van der Waals surface area (Å²) in [7, 11) is -2.34. The molecule has 0 N–H and O–H groups in total. The van der Waals surface area contributed by atoms with Crippen molar-refractivity contribution in [3.05, 3.63) is 89.2 Å². The lowest BCUT2D eigenvalue weighted by molar-refractivity contribution is -0.144. The standard InChI is InChI=1S/C25H22F3NO5S/c1-33-25(30)24-9-10-35(31,32)29(24)14-16-3-2-4-17(11-16)15-34-19-7-5-18(6-8-19)20-12-22(27)23(28)13-21(20)26/h2-8,11-13,24H,9-10,14-15H2,1H3. The van der Waals surface area contributed by atoms with E-state index in [1.165, 1.54) is 19.2 Å². The number of carbonyl (C=O) groups is 1. The lowest BCUT2D eigenvalue weighted by Gasteiger charge is -2.21. The van der Waals surface area contributed by atoms with Crippen LogP contribution in [0.3, 0.4) is 0 Å². The Morgan fingerprint density at radius 3 is 2.37 bits per heavy atom. The highest BCUT2D eigenvalue weighted by molar-refractivity contribution is 7.89. The van der Waals surface area contributed by atoms with E-state index in [1.54, 1.807) is 30.3 Å². The second-order valence-corrected chi connectivity index (χ2v) is 10.1. The zero-order valence-corrected chi connectivity index (χ0v) is 19.5. The van der Waals surface area contributed by atoms with Gasteiger partial charge in [-0.25, -0.2) is 21.6 Å². The molecule has 1 unspecified atom stereocenters. The molecule has 35 heavy (non-hydrogen) atoms. The molecule has 1 atom stereocenters. The Kier molecular flexibility index (Phi) is 7.13. The van der Waals surface area contributed by atoms with E-state index in [0.717, 1.165) is 15.9 Å². The summed E-state index contributed by atoms with van der Waals surface area (Å²) in [6, 6.07) is 13.8. The lowest BCUT2D eigenvalue weighted by atomic mass is 10.0. The van der Waals surface area contributed by atoms with Crippen LogP contribution in [-0.4, -0.2) is 37.6 Å². The molecule has 0 spiro atoms. The van der Waals surface area contributed by atoms with Gasteiger partial charge in [-0.1, -0.05) is 36.4 Å². The van der Waals surface area contributed by atoms with Gasteiger partial charge in [0, 0.05) is 18.2 Å². The van der Waals surface area contributed by atoms with Crippen molar-refractivity contribution in [2.75, 3.05) is 12.9 Å². The van der Waals surface area contributed by atoms with Gasteiger partial charge < -0.3 is 9.47 Å². The van der Waals surface area contributed by atoms with Gasteiger partial charge in [0.1, 0.15) is 24.2 Å². The van der Waals surface area contributed by atoms with Crippen LogP contribution in [0.1, 0.15) is 17.5 Å². The summed E-state index contributed by atoms with van der Waals surface area (Å²) in [5, 5.41) is 0. The van der Waals surface area contributed by atoms with Gasteiger partial charge in [-0.3, -0.25) is 4.79 Å². The van der Waals surface area contributed by atoms with Crippen LogP contribution in [0.15, 0.2) is 60.7 Å². The van der Waals surface area contributed by atoms with E-state index in [4.69, 9.17) is 9.47 Å². The molecule has 0 radical (unpaired) electrons. The van der Waals surface area contributed by atoms with E-state index in [9.17, 15) is 26.4 Å². The highest BCUT2D eigenvalue weighted by Gasteiger charge is 2.42. The number of halogens is 3. The van der Waals surface area contributed by atoms with Crippen LogP contribution in [0.4, 0.5) is 13.2 Å². The Hall–Kier alpha value is -3.37. The molecule has 1 saturated heterocycles. The largest absolute Gasteiger partial charge is 0.489 e. The molecular formula is C25H22F3NO5S. The number of sulfonamides is 1. The molecule has 1 fully saturated rings. The first-order valence-corrected chi connectivity index (χ1v) is 12.3. The van der Waals surface area contributed by atoms with Gasteiger partial charge in [0.05, 0.1) is 12.9 Å². The minimum atomic E-state index is -3.56. The van der Waals surface area contributed by atoms with Crippen LogP contribution in [-0.2, 0) is 32.7 Å². The van der Waals surface area contributed by atoms with Crippen LogP contribution in [0, 0.1) is 17.5 Å². The average molecular weight is 506 g/mol. The van der Waals surface area contributed by atoms with Crippen molar-refractivity contribution >= 4 is 16.0 Å². The van der Waals surface area contributed by atoms with Gasteiger partial charge in [-0.05, 0) is 41.3 Å². The van der Waals surface area contributed by atoms with Crippen molar-refractivity contribution in [3.8, 4) is 16.9 Å². The molecule has 3 aromatic carbocycles. The van der Waals surface area contributed by atoms with E-state index in [0.29, 0.717) is 22.9 Å². The van der Waals surface area contributed by atoms with Gasteiger partial charge in [-0.2, -0.15) is 4.31 Å². The molecule has 0 bridgehead atoms. The molecule has 1 aliphatic heterocycles. The van der Waals surface area contributed by atoms with Crippen molar-refractivity contribution in [1.82, 2.24) is 4.31 Å². The van der Waals surface area contributed by atoms with Gasteiger partial charge in [0.25, 0.3) is 0 Å². The van der Waals surface area contributed by atoms with Crippen molar-refractivity contribution in [2.45, 2.75) is 25.6 Å². The quantitative estimate of drug-likeness (QED) is 0.351. The molecule has 3 aromatic rings. The highest BCUT2D eigenvalue weighted by Crippen LogP contribution is 2.28. The zero-order chi connectivity index (χ0) is 25.2. The molecule has 1 heterocycles. The predicted molar refractivity (Wildman–Crippen MR) is 122 cm³/mol. The molecule has 4 rings (SSSR count). The van der Waals surface area contributed by atoms with Gasteiger partial charge in [-0.15, -0.1) is 0 Å². The first-order valence-electron chi connectivity index (χ1n) is 10.7. The third kappa shape index (κ3) is 5.49. The Balaban J connectivity index is 1.43. The monoisotopic (exact) mass is 505 g/mol. The highest BCUT2D eigenvalue weighted by atomic mass is 32.2. The predicted octanol–water partition coefficient (Wildman–Crippen LogP) is 4.43. The summed E-state index contributed by atoms with van der Waals surface area (Å²) in [5.74, 6) is -3.49. The van der Waals surface area contributed by atoms with Gasteiger partial charge in [0.15, 0.2) is 11.6 Å². The van der Waals surface area contributed by atoms with Crippen molar-refractivity contribution in [1.29, 1.82) is 0 Å². The number of carbonyl (C=O) groups excluding carboxylic acids is 1. The minimum Gasteiger partial charge on any atom is -0.489 e. The van der Waals surface area contributed by atoms with Crippen LogP contribution in [0.5, 0.6) is 5.75 Å². The van der Waals surface area contributed by atoms with E-state index in [-0.39, 0.29) is 30.9 Å². The molecular weight excluding hydrogens is 483 g/mol. The third-order valence-electron chi connectivity index (χ3n) is 5.74. The molecule has 10 heteroatoms. The molecule has 0 saturated carbocycles. The lowest BCUT2D eigenvalue weighted by Crippen LogP contribution is -2.38. The molecule has 0 aliphatic carbocycles. The van der Waals surface area contributed by atoms with Crippen molar-refractivity contribution < 1.29 is 35.9 Å². The number of benzene rings is 3. The maximum Gasteiger partial charge on any atom is 0.324 e. The topological polar surface area (TPSA) is 72.9 Å². The van der Waals surface area contributed by atoms with Crippen molar-refractivity contribution in [2.24, 2.45) is 0 Å². The molecule has 0 amide bonds. The number of rotatable bonds is 7. The van der Waals surface area contributed by atoms with Crippen LogP contribution in [0.2, 0.25) is 0 Å². The maximum atomic E-state index is 14.0. The maximum absolute atomic E-state index is 14.0. The summed E-state index contributed by atoms with van der Waals surface area (Å²) in [6.07, 6.45) is 0.183. The Morgan fingerprint density at radius 2 is 1.66 bits per heavy atom. The Bertz CT molecular complexity index is 1350. The number of esters is 1. The first kappa shape index (κ1) is 24.7. The zero-order valence-electron chi connectivity index (χ0n) is 18.7. The summed E-state index contributed by atoms with van der Waals surface area (Å²) >= 11 is 0. The molecule has 6 nitrogen and oxygen atoms in total. The van der Waals surface area contributed by atoms with Crippen LogP contribution >= 0.6 is 0 Å². The molecule has 184 valence electrons. The number of nitrogens with zero attached hydrogens (tertiary/aromatic N) is 1. The fourth-order valence-electron chi connectivity index (χ4n) is 3.93. The Morgan fingerprint density at radius 1 is 0.971 bits per heavy atom. The van der Waals surface area contributed by atoms with Crippen molar-refractivity contribution in [3.63, 3.8) is 0 Å². The first-order chi connectivity index (χ1) is 16.7. The third-order valence-corrected chi connectivity index (χ3v) is 7.59. The smallest absolute Gasteiger partial charge is 0.324 e. The van der Waals surface area contributed by atoms with Gasteiger partial charge in [0.2, 0.25) is 10.0 Å². The van der Waals surface area contributed by atoms with E-state index in [1.807, 2.05) is 6.07 Å². The Labute approximate surface area is 201 Å². The summed E-state index contributed by atoms with van der Waals surface area (Å²) < 4.78 is 77.1. The molecule has 1 aliphatic rings. The van der Waals surface area contributed by atoms with Crippen LogP contribution in [0.25, 0.3) is 11.1 Å². The van der Waals surface area contributed by atoms with Gasteiger partial charge >= 0.3 is 5.97 Å². The minimum absolute atomic E-state index is 0.0322. The van der Waals surface area contributed by atoms with E-state index in [2.05, 4.69) is 0 Å². The SMILES string of the molecule is COC(=O)C1CCS(=O)(=O)N1Cc1cccc(COc2ccc(-c3cc(F)c(F)cc3F)cc2)c1. The fraction of sp³-hybridized carbons (Fsp3) is 0.240. The average Bonchev–Trinajstić information content (AvgIpc) is 3.14. The van der Waals surface area contributed by atoms with E-state index >= 15 is 0 Å². The second-order valence-electron chi connectivity index (χ2n) is 8.07.